The molecule has 2 atom stereocenters. The first-order valence-electron chi connectivity index (χ1n) is 5.74. The highest BCUT2D eigenvalue weighted by Crippen LogP contribution is 2.41. The van der Waals surface area contributed by atoms with Crippen LogP contribution < -0.4 is 5.73 Å². The van der Waals surface area contributed by atoms with E-state index in [2.05, 4.69) is 31.2 Å². The standard InChI is InChI=1S/C13H19NS/c1-10(14)5-4-6-11-9-15-13-8-3-2-7-12(11)13/h2-3,7-8,10-11H,4-6,9,14H2,1H3. The summed E-state index contributed by atoms with van der Waals surface area (Å²) in [4.78, 5) is 1.49. The lowest BCUT2D eigenvalue weighted by Crippen LogP contribution is -2.14. The molecule has 0 saturated heterocycles. The molecule has 1 nitrogen and oxygen atoms in total. The topological polar surface area (TPSA) is 26.0 Å². The molecule has 2 heteroatoms. The van der Waals surface area contributed by atoms with E-state index in [1.807, 2.05) is 11.8 Å². The summed E-state index contributed by atoms with van der Waals surface area (Å²) in [7, 11) is 0. The fourth-order valence-electron chi connectivity index (χ4n) is 2.15. The Morgan fingerprint density at radius 1 is 1.47 bits per heavy atom. The lowest BCUT2D eigenvalue weighted by Gasteiger charge is -2.11. The van der Waals surface area contributed by atoms with E-state index in [4.69, 9.17) is 5.73 Å². The Kier molecular flexibility index (Phi) is 3.71. The summed E-state index contributed by atoms with van der Waals surface area (Å²) in [5.41, 5.74) is 7.33. The predicted octanol–water partition coefficient (Wildman–Crippen LogP) is 3.39. The molecule has 1 aliphatic heterocycles. The van der Waals surface area contributed by atoms with Crippen molar-refractivity contribution in [1.82, 2.24) is 0 Å². The van der Waals surface area contributed by atoms with E-state index < -0.39 is 0 Å². The molecule has 82 valence electrons. The summed E-state index contributed by atoms with van der Waals surface area (Å²) in [5.74, 6) is 2.03. The first kappa shape index (κ1) is 11.0. The maximum atomic E-state index is 5.77. The Bertz CT molecular complexity index is 322. The monoisotopic (exact) mass is 221 g/mol. The van der Waals surface area contributed by atoms with Gasteiger partial charge in [0.15, 0.2) is 0 Å². The number of nitrogens with two attached hydrogens (primary N) is 1. The molecule has 0 amide bonds. The fraction of sp³-hybridized carbons (Fsp3) is 0.538. The molecule has 1 heterocycles. The predicted molar refractivity (Wildman–Crippen MR) is 67.4 cm³/mol. The van der Waals surface area contributed by atoms with Gasteiger partial charge in [-0.15, -0.1) is 11.8 Å². The Labute approximate surface area is 96.4 Å². The summed E-state index contributed by atoms with van der Waals surface area (Å²) in [6.45, 7) is 2.09. The molecule has 15 heavy (non-hydrogen) atoms. The highest BCUT2D eigenvalue weighted by molar-refractivity contribution is 7.99. The van der Waals surface area contributed by atoms with Crippen LogP contribution in [0.3, 0.4) is 0 Å². The summed E-state index contributed by atoms with van der Waals surface area (Å²) in [6, 6.07) is 9.17. The van der Waals surface area contributed by atoms with Crippen LogP contribution in [-0.4, -0.2) is 11.8 Å². The van der Waals surface area contributed by atoms with Crippen molar-refractivity contribution in [2.24, 2.45) is 5.73 Å². The number of hydrogen-bond donors (Lipinski definition) is 1. The summed E-state index contributed by atoms with van der Waals surface area (Å²) in [6.07, 6.45) is 3.71. The molecular weight excluding hydrogens is 202 g/mol. The zero-order valence-electron chi connectivity index (χ0n) is 9.28. The van der Waals surface area contributed by atoms with Crippen LogP contribution in [0.15, 0.2) is 29.2 Å². The molecule has 1 aliphatic rings. The average Bonchev–Trinajstić information content (AvgIpc) is 2.62. The van der Waals surface area contributed by atoms with Gasteiger partial charge in [-0.1, -0.05) is 24.6 Å². The van der Waals surface area contributed by atoms with Crippen LogP contribution in [0.25, 0.3) is 0 Å². The summed E-state index contributed by atoms with van der Waals surface area (Å²) < 4.78 is 0. The first-order chi connectivity index (χ1) is 7.27. The molecule has 0 aliphatic carbocycles. The van der Waals surface area contributed by atoms with Gasteiger partial charge in [0.2, 0.25) is 0 Å². The van der Waals surface area contributed by atoms with E-state index in [-0.39, 0.29) is 0 Å². The van der Waals surface area contributed by atoms with Gasteiger partial charge in [0.05, 0.1) is 0 Å². The second kappa shape index (κ2) is 5.04. The van der Waals surface area contributed by atoms with Crippen molar-refractivity contribution >= 4 is 11.8 Å². The number of hydrogen-bond acceptors (Lipinski definition) is 2. The maximum absolute atomic E-state index is 5.77. The van der Waals surface area contributed by atoms with Crippen molar-refractivity contribution < 1.29 is 0 Å². The Morgan fingerprint density at radius 3 is 3.07 bits per heavy atom. The Morgan fingerprint density at radius 2 is 2.27 bits per heavy atom. The molecular formula is C13H19NS. The zero-order chi connectivity index (χ0) is 10.7. The molecule has 0 fully saturated rings. The van der Waals surface area contributed by atoms with E-state index >= 15 is 0 Å². The third-order valence-corrected chi connectivity index (χ3v) is 4.26. The number of benzene rings is 1. The van der Waals surface area contributed by atoms with Gasteiger partial charge >= 0.3 is 0 Å². The number of fused-ring (bicyclic) bond motifs is 1. The molecule has 2 N–H and O–H groups in total. The normalized spacial score (nSPS) is 21.3. The molecule has 2 unspecified atom stereocenters. The van der Waals surface area contributed by atoms with E-state index in [0.29, 0.717) is 6.04 Å². The van der Waals surface area contributed by atoms with E-state index in [9.17, 15) is 0 Å². The van der Waals surface area contributed by atoms with Crippen LogP contribution >= 0.6 is 11.8 Å². The smallest absolute Gasteiger partial charge is 0.0107 e. The molecule has 0 bridgehead atoms. The number of rotatable bonds is 4. The lowest BCUT2D eigenvalue weighted by molar-refractivity contribution is 0.561. The van der Waals surface area contributed by atoms with E-state index in [1.165, 1.54) is 23.5 Å². The first-order valence-corrected chi connectivity index (χ1v) is 6.73. The van der Waals surface area contributed by atoms with Gasteiger partial charge in [-0.3, -0.25) is 0 Å². The van der Waals surface area contributed by atoms with Gasteiger partial charge in [-0.25, -0.2) is 0 Å². The van der Waals surface area contributed by atoms with Crippen LogP contribution in [0.1, 0.15) is 37.7 Å². The van der Waals surface area contributed by atoms with Gasteiger partial charge in [0, 0.05) is 16.7 Å². The second-order valence-electron chi connectivity index (χ2n) is 4.45. The molecule has 0 aromatic heterocycles. The minimum Gasteiger partial charge on any atom is -0.328 e. The van der Waals surface area contributed by atoms with Crippen LogP contribution in [0.5, 0.6) is 0 Å². The van der Waals surface area contributed by atoms with Crippen molar-refractivity contribution in [3.05, 3.63) is 29.8 Å². The van der Waals surface area contributed by atoms with Crippen LogP contribution in [0, 0.1) is 0 Å². The van der Waals surface area contributed by atoms with Gasteiger partial charge in [0.1, 0.15) is 0 Å². The van der Waals surface area contributed by atoms with E-state index in [1.54, 1.807) is 5.56 Å². The summed E-state index contributed by atoms with van der Waals surface area (Å²) >= 11 is 2.00. The third-order valence-electron chi connectivity index (χ3n) is 3.01. The van der Waals surface area contributed by atoms with Crippen molar-refractivity contribution in [2.75, 3.05) is 5.75 Å². The maximum Gasteiger partial charge on any atom is 0.0107 e. The van der Waals surface area contributed by atoms with Crippen molar-refractivity contribution in [3.8, 4) is 0 Å². The van der Waals surface area contributed by atoms with Crippen molar-refractivity contribution in [2.45, 2.75) is 43.0 Å². The average molecular weight is 221 g/mol. The zero-order valence-corrected chi connectivity index (χ0v) is 10.1. The van der Waals surface area contributed by atoms with Crippen LogP contribution in [0.4, 0.5) is 0 Å². The highest BCUT2D eigenvalue weighted by atomic mass is 32.2. The van der Waals surface area contributed by atoms with Gasteiger partial charge < -0.3 is 5.73 Å². The highest BCUT2D eigenvalue weighted by Gasteiger charge is 2.21. The minimum atomic E-state index is 0.356. The summed E-state index contributed by atoms with van der Waals surface area (Å²) in [5, 5.41) is 0. The van der Waals surface area contributed by atoms with Crippen LogP contribution in [-0.2, 0) is 0 Å². The lowest BCUT2D eigenvalue weighted by atomic mass is 9.95. The Balaban J connectivity index is 1.90. The third kappa shape index (κ3) is 2.76. The molecule has 0 saturated carbocycles. The molecule has 2 rings (SSSR count). The minimum absolute atomic E-state index is 0.356. The molecule has 1 aromatic rings. The fourth-order valence-corrected chi connectivity index (χ4v) is 3.46. The van der Waals surface area contributed by atoms with Gasteiger partial charge in [-0.2, -0.15) is 0 Å². The van der Waals surface area contributed by atoms with Crippen LogP contribution in [0.2, 0.25) is 0 Å². The molecule has 0 spiro atoms. The largest absolute Gasteiger partial charge is 0.328 e. The van der Waals surface area contributed by atoms with Gasteiger partial charge in [-0.05, 0) is 37.3 Å². The van der Waals surface area contributed by atoms with Crippen molar-refractivity contribution in [3.63, 3.8) is 0 Å². The molecule has 0 radical (unpaired) electrons. The van der Waals surface area contributed by atoms with Crippen molar-refractivity contribution in [1.29, 1.82) is 0 Å². The van der Waals surface area contributed by atoms with E-state index in [0.717, 1.165) is 12.3 Å². The second-order valence-corrected chi connectivity index (χ2v) is 5.52. The SMILES string of the molecule is CC(N)CCCC1CSc2ccccc21. The van der Waals surface area contributed by atoms with Gasteiger partial charge in [0.25, 0.3) is 0 Å². The molecule has 1 aromatic carbocycles. The Hall–Kier alpha value is -0.470. The quantitative estimate of drug-likeness (QED) is 0.843. The number of thioether (sulfide) groups is 1.